The number of methoxy groups -OCH3 is 1. The van der Waals surface area contributed by atoms with Gasteiger partial charge in [-0.05, 0) is 32.0 Å². The zero-order chi connectivity index (χ0) is 14.0. The minimum atomic E-state index is -0.130. The zero-order valence-electron chi connectivity index (χ0n) is 11.0. The minimum Gasteiger partial charge on any atom is -0.495 e. The minimum absolute atomic E-state index is 0.130. The molecule has 0 spiro atoms. The zero-order valence-corrected chi connectivity index (χ0v) is 12.6. The number of fused-ring (bicyclic) bond motifs is 1. The van der Waals surface area contributed by atoms with E-state index in [-0.39, 0.29) is 5.78 Å². The van der Waals surface area contributed by atoms with Crippen LogP contribution in [0.4, 0.5) is 0 Å². The molecule has 0 radical (unpaired) electrons. The van der Waals surface area contributed by atoms with E-state index in [2.05, 4.69) is 20.9 Å². The highest BCUT2D eigenvalue weighted by atomic mass is 79.9. The van der Waals surface area contributed by atoms with Gasteiger partial charge in [0.25, 0.3) is 0 Å². The Bertz CT molecular complexity index is 640. The Kier molecular flexibility index (Phi) is 4.04. The molecule has 2 aromatic rings. The maximum absolute atomic E-state index is 11.8. The predicted octanol–water partition coefficient (Wildman–Crippen LogP) is 3.61. The molecule has 19 heavy (non-hydrogen) atoms. The molecule has 0 saturated heterocycles. The van der Waals surface area contributed by atoms with Crippen LogP contribution in [-0.2, 0) is 0 Å². The summed E-state index contributed by atoms with van der Waals surface area (Å²) in [5.41, 5.74) is 1.11. The highest BCUT2D eigenvalue weighted by Gasteiger charge is 2.20. The second-order valence-electron chi connectivity index (χ2n) is 3.98. The molecule has 100 valence electrons. The lowest BCUT2D eigenvalue weighted by Crippen LogP contribution is -2.06. The summed E-state index contributed by atoms with van der Waals surface area (Å²) in [5.74, 6) is 0.693. The average Bonchev–Trinajstić information content (AvgIpc) is 2.37. The Hall–Kier alpha value is -1.62. The number of aromatic nitrogens is 1. The van der Waals surface area contributed by atoms with Gasteiger partial charge in [0.15, 0.2) is 5.78 Å². The van der Waals surface area contributed by atoms with E-state index >= 15 is 0 Å². The molecule has 1 heterocycles. The van der Waals surface area contributed by atoms with Crippen LogP contribution in [-0.4, -0.2) is 24.5 Å². The van der Waals surface area contributed by atoms with E-state index < -0.39 is 0 Å². The van der Waals surface area contributed by atoms with Crippen LogP contribution in [0.3, 0.4) is 0 Å². The first-order chi connectivity index (χ1) is 9.08. The summed E-state index contributed by atoms with van der Waals surface area (Å²) in [6.07, 6.45) is 0. The van der Waals surface area contributed by atoms with E-state index in [9.17, 15) is 4.79 Å². The van der Waals surface area contributed by atoms with Gasteiger partial charge in [-0.1, -0.05) is 15.9 Å². The third kappa shape index (κ3) is 2.56. The highest BCUT2D eigenvalue weighted by Crippen LogP contribution is 2.36. The number of ketones is 1. The molecule has 4 nitrogen and oxygen atoms in total. The van der Waals surface area contributed by atoms with Crippen molar-refractivity contribution in [3.8, 4) is 11.6 Å². The largest absolute Gasteiger partial charge is 0.495 e. The third-order valence-electron chi connectivity index (χ3n) is 2.70. The van der Waals surface area contributed by atoms with E-state index in [0.29, 0.717) is 23.8 Å². The van der Waals surface area contributed by atoms with Crippen LogP contribution in [0.2, 0.25) is 0 Å². The van der Waals surface area contributed by atoms with E-state index in [4.69, 9.17) is 9.47 Å². The molecule has 0 fully saturated rings. The molecule has 0 aliphatic carbocycles. The van der Waals surface area contributed by atoms with E-state index in [0.717, 1.165) is 15.4 Å². The van der Waals surface area contributed by atoms with Crippen molar-refractivity contribution >= 4 is 32.6 Å². The highest BCUT2D eigenvalue weighted by molar-refractivity contribution is 9.10. The number of hydrogen-bond acceptors (Lipinski definition) is 4. The lowest BCUT2D eigenvalue weighted by molar-refractivity contribution is 0.101. The van der Waals surface area contributed by atoms with Gasteiger partial charge in [-0.3, -0.25) is 4.79 Å². The molecule has 0 aliphatic rings. The number of ether oxygens (including phenoxy) is 2. The van der Waals surface area contributed by atoms with Gasteiger partial charge >= 0.3 is 0 Å². The van der Waals surface area contributed by atoms with Gasteiger partial charge in [0, 0.05) is 9.86 Å². The molecular formula is C14H14BrNO3. The topological polar surface area (TPSA) is 48.4 Å². The fourth-order valence-electron chi connectivity index (χ4n) is 1.95. The number of rotatable bonds is 4. The second-order valence-corrected chi connectivity index (χ2v) is 4.89. The number of hydrogen-bond donors (Lipinski definition) is 0. The molecule has 0 N–H and O–H groups in total. The average molecular weight is 324 g/mol. The first-order valence-electron chi connectivity index (χ1n) is 5.89. The van der Waals surface area contributed by atoms with Crippen molar-refractivity contribution in [3.63, 3.8) is 0 Å². The van der Waals surface area contributed by atoms with Crippen molar-refractivity contribution in [2.24, 2.45) is 0 Å². The van der Waals surface area contributed by atoms with Gasteiger partial charge < -0.3 is 9.47 Å². The number of benzene rings is 1. The van der Waals surface area contributed by atoms with Crippen LogP contribution >= 0.6 is 15.9 Å². The number of nitrogens with zero attached hydrogens (tertiary/aromatic N) is 1. The SMILES string of the molecule is CCOc1nc2ccc(Br)cc2c(OC)c1C(C)=O. The number of carbonyl (C=O) groups excluding carboxylic acids is 1. The van der Waals surface area contributed by atoms with Crippen molar-refractivity contribution in [2.75, 3.05) is 13.7 Å². The maximum Gasteiger partial charge on any atom is 0.228 e. The van der Waals surface area contributed by atoms with Crippen molar-refractivity contribution in [1.82, 2.24) is 4.98 Å². The van der Waals surface area contributed by atoms with Crippen molar-refractivity contribution in [2.45, 2.75) is 13.8 Å². The lowest BCUT2D eigenvalue weighted by atomic mass is 10.1. The van der Waals surface area contributed by atoms with Gasteiger partial charge in [0.05, 0.1) is 19.2 Å². The molecule has 5 heteroatoms. The molecule has 1 aromatic heterocycles. The van der Waals surface area contributed by atoms with Gasteiger partial charge in [0.2, 0.25) is 5.88 Å². The normalized spacial score (nSPS) is 10.5. The van der Waals surface area contributed by atoms with Gasteiger partial charge in [-0.2, -0.15) is 0 Å². The van der Waals surface area contributed by atoms with Crippen molar-refractivity contribution < 1.29 is 14.3 Å². The summed E-state index contributed by atoms with van der Waals surface area (Å²) in [5, 5.41) is 0.783. The lowest BCUT2D eigenvalue weighted by Gasteiger charge is -2.14. The Balaban J connectivity index is 2.85. The fourth-order valence-corrected chi connectivity index (χ4v) is 2.31. The standard InChI is InChI=1S/C14H14BrNO3/c1-4-19-14-12(8(2)17)13(18-3)10-7-9(15)5-6-11(10)16-14/h5-7H,4H2,1-3H3. The number of Topliss-reactive ketones (excluding diaryl/α,β-unsaturated/α-hetero) is 1. The molecule has 0 unspecified atom stereocenters. The predicted molar refractivity (Wildman–Crippen MR) is 77.2 cm³/mol. The van der Waals surface area contributed by atoms with Crippen LogP contribution < -0.4 is 9.47 Å². The first-order valence-corrected chi connectivity index (χ1v) is 6.68. The molecular weight excluding hydrogens is 310 g/mol. The van der Waals surface area contributed by atoms with Crippen LogP contribution in [0.15, 0.2) is 22.7 Å². The fraction of sp³-hybridized carbons (Fsp3) is 0.286. The Morgan fingerprint density at radius 1 is 1.42 bits per heavy atom. The Morgan fingerprint density at radius 2 is 2.16 bits per heavy atom. The number of carbonyl (C=O) groups is 1. The summed E-state index contributed by atoms with van der Waals surface area (Å²) < 4.78 is 11.8. The smallest absolute Gasteiger partial charge is 0.228 e. The maximum atomic E-state index is 11.8. The van der Waals surface area contributed by atoms with E-state index in [1.807, 2.05) is 25.1 Å². The van der Waals surface area contributed by atoms with Gasteiger partial charge in [0.1, 0.15) is 11.3 Å². The molecule has 0 bridgehead atoms. The quantitative estimate of drug-likeness (QED) is 0.806. The summed E-state index contributed by atoms with van der Waals surface area (Å²) in [4.78, 5) is 16.2. The monoisotopic (exact) mass is 323 g/mol. The van der Waals surface area contributed by atoms with E-state index in [1.165, 1.54) is 14.0 Å². The van der Waals surface area contributed by atoms with Crippen LogP contribution in [0, 0.1) is 0 Å². The number of pyridine rings is 1. The molecule has 0 aliphatic heterocycles. The van der Waals surface area contributed by atoms with Crippen molar-refractivity contribution in [1.29, 1.82) is 0 Å². The molecule has 1 aromatic carbocycles. The number of halogens is 1. The van der Waals surface area contributed by atoms with Crippen LogP contribution in [0.1, 0.15) is 24.2 Å². The van der Waals surface area contributed by atoms with Crippen LogP contribution in [0.25, 0.3) is 10.9 Å². The summed E-state index contributed by atoms with van der Waals surface area (Å²) in [6.45, 7) is 3.77. The first kappa shape index (κ1) is 13.8. The third-order valence-corrected chi connectivity index (χ3v) is 3.20. The molecule has 0 atom stereocenters. The van der Waals surface area contributed by atoms with E-state index in [1.54, 1.807) is 0 Å². The van der Waals surface area contributed by atoms with Crippen LogP contribution in [0.5, 0.6) is 11.6 Å². The molecule has 2 rings (SSSR count). The molecule has 0 saturated carbocycles. The summed E-state index contributed by atoms with van der Waals surface area (Å²) >= 11 is 3.41. The van der Waals surface area contributed by atoms with Gasteiger partial charge in [-0.25, -0.2) is 4.98 Å². The van der Waals surface area contributed by atoms with Gasteiger partial charge in [-0.15, -0.1) is 0 Å². The Morgan fingerprint density at radius 3 is 2.74 bits per heavy atom. The molecule has 0 amide bonds. The second kappa shape index (κ2) is 5.57. The summed E-state index contributed by atoms with van der Waals surface area (Å²) in [7, 11) is 1.54. The van der Waals surface area contributed by atoms with Crippen molar-refractivity contribution in [3.05, 3.63) is 28.2 Å². The summed E-state index contributed by atoms with van der Waals surface area (Å²) in [6, 6.07) is 5.62. The Labute approximate surface area is 119 Å².